The molecule has 1 N–H and O–H groups in total. The van der Waals surface area contributed by atoms with Crippen LogP contribution < -0.4 is 5.32 Å². The normalized spacial score (nSPS) is 26.3. The maximum absolute atomic E-state index is 12.2. The minimum Gasteiger partial charge on any atom is -0.340 e. The van der Waals surface area contributed by atoms with Gasteiger partial charge < -0.3 is 10.2 Å². The van der Waals surface area contributed by atoms with E-state index < -0.39 is 0 Å². The molecule has 0 bridgehead atoms. The molecule has 0 radical (unpaired) electrons. The number of hydrogen-bond acceptors (Lipinski definition) is 3. The molecule has 1 unspecified atom stereocenters. The van der Waals surface area contributed by atoms with Gasteiger partial charge in [0.2, 0.25) is 5.91 Å². The number of carbonyl (C=O) groups is 1. The largest absolute Gasteiger partial charge is 0.340 e. The van der Waals surface area contributed by atoms with Gasteiger partial charge in [0.15, 0.2) is 0 Å². The molecule has 2 fully saturated rings. The Morgan fingerprint density at radius 3 is 2.61 bits per heavy atom. The van der Waals surface area contributed by atoms with Crippen LogP contribution in [0.1, 0.15) is 39.0 Å². The Morgan fingerprint density at radius 1 is 1.22 bits per heavy atom. The quantitative estimate of drug-likeness (QED) is 0.814. The lowest BCUT2D eigenvalue weighted by molar-refractivity contribution is -0.133. The predicted molar refractivity (Wildman–Crippen MR) is 73.6 cm³/mol. The van der Waals surface area contributed by atoms with Crippen LogP contribution in [0.3, 0.4) is 0 Å². The molecule has 4 nitrogen and oxygen atoms in total. The van der Waals surface area contributed by atoms with E-state index in [-0.39, 0.29) is 0 Å². The predicted octanol–water partition coefficient (Wildman–Crippen LogP) is 1.07. The van der Waals surface area contributed by atoms with Crippen LogP contribution in [0.2, 0.25) is 0 Å². The molecule has 2 aliphatic rings. The third-order valence-electron chi connectivity index (χ3n) is 4.10. The fourth-order valence-corrected chi connectivity index (χ4v) is 2.98. The second-order valence-corrected chi connectivity index (χ2v) is 5.57. The third-order valence-corrected chi connectivity index (χ3v) is 4.10. The molecule has 0 aromatic carbocycles. The van der Waals surface area contributed by atoms with Gasteiger partial charge in [-0.1, -0.05) is 13.3 Å². The molecule has 0 saturated carbocycles. The van der Waals surface area contributed by atoms with Crippen molar-refractivity contribution in [1.82, 2.24) is 15.1 Å². The van der Waals surface area contributed by atoms with E-state index in [1.807, 2.05) is 0 Å². The lowest BCUT2D eigenvalue weighted by atomic mass is 10.0. The summed E-state index contributed by atoms with van der Waals surface area (Å²) < 4.78 is 0. The van der Waals surface area contributed by atoms with E-state index in [4.69, 9.17) is 0 Å². The van der Waals surface area contributed by atoms with Crippen molar-refractivity contribution in [3.05, 3.63) is 0 Å². The topological polar surface area (TPSA) is 35.6 Å². The zero-order valence-corrected chi connectivity index (χ0v) is 11.7. The Kier molecular flexibility index (Phi) is 5.45. The molecule has 18 heavy (non-hydrogen) atoms. The van der Waals surface area contributed by atoms with Gasteiger partial charge >= 0.3 is 0 Å². The fourth-order valence-electron chi connectivity index (χ4n) is 2.98. The van der Waals surface area contributed by atoms with E-state index in [2.05, 4.69) is 22.0 Å². The molecule has 2 saturated heterocycles. The smallest absolute Gasteiger partial charge is 0.224 e. The highest BCUT2D eigenvalue weighted by Crippen LogP contribution is 2.12. The van der Waals surface area contributed by atoms with Crippen LogP contribution in [0.5, 0.6) is 0 Å². The van der Waals surface area contributed by atoms with Gasteiger partial charge in [0.25, 0.3) is 0 Å². The van der Waals surface area contributed by atoms with E-state index in [0.717, 1.165) is 32.7 Å². The Morgan fingerprint density at radius 2 is 2.00 bits per heavy atom. The van der Waals surface area contributed by atoms with Gasteiger partial charge in [-0.15, -0.1) is 0 Å². The zero-order chi connectivity index (χ0) is 12.8. The molecular formula is C14H27N3O. The van der Waals surface area contributed by atoms with Crippen molar-refractivity contribution in [3.63, 3.8) is 0 Å². The van der Waals surface area contributed by atoms with E-state index >= 15 is 0 Å². The summed E-state index contributed by atoms with van der Waals surface area (Å²) in [5, 5.41) is 3.46. The molecule has 0 aliphatic carbocycles. The summed E-state index contributed by atoms with van der Waals surface area (Å²) in [5.74, 6) is 0.352. The highest BCUT2D eigenvalue weighted by Gasteiger charge is 2.23. The van der Waals surface area contributed by atoms with Gasteiger partial charge in [-0.25, -0.2) is 0 Å². The number of amides is 1. The average molecular weight is 253 g/mol. The molecule has 104 valence electrons. The first kappa shape index (κ1) is 13.8. The molecule has 0 aromatic heterocycles. The van der Waals surface area contributed by atoms with Crippen LogP contribution in [0.4, 0.5) is 0 Å². The van der Waals surface area contributed by atoms with Crippen molar-refractivity contribution >= 4 is 5.91 Å². The number of rotatable bonds is 4. The van der Waals surface area contributed by atoms with Crippen molar-refractivity contribution in [2.45, 2.75) is 45.1 Å². The minimum atomic E-state index is 0.352. The minimum absolute atomic E-state index is 0.352. The second-order valence-electron chi connectivity index (χ2n) is 5.57. The molecule has 2 heterocycles. The monoisotopic (exact) mass is 253 g/mol. The molecule has 1 atom stereocenters. The van der Waals surface area contributed by atoms with E-state index in [0.29, 0.717) is 18.4 Å². The summed E-state index contributed by atoms with van der Waals surface area (Å²) in [6.07, 6.45) is 5.62. The van der Waals surface area contributed by atoms with E-state index in [1.54, 1.807) is 0 Å². The van der Waals surface area contributed by atoms with Gasteiger partial charge in [-0.2, -0.15) is 0 Å². The van der Waals surface area contributed by atoms with E-state index in [1.165, 1.54) is 32.2 Å². The van der Waals surface area contributed by atoms with Crippen LogP contribution in [0.15, 0.2) is 0 Å². The Bertz CT molecular complexity index is 256. The van der Waals surface area contributed by atoms with Gasteiger partial charge in [-0.3, -0.25) is 9.69 Å². The van der Waals surface area contributed by atoms with Crippen molar-refractivity contribution in [3.8, 4) is 0 Å². The zero-order valence-electron chi connectivity index (χ0n) is 11.7. The summed E-state index contributed by atoms with van der Waals surface area (Å²) in [7, 11) is 0. The highest BCUT2D eigenvalue weighted by molar-refractivity contribution is 5.77. The molecular weight excluding hydrogens is 226 g/mol. The molecule has 2 rings (SSSR count). The molecule has 0 aromatic rings. The van der Waals surface area contributed by atoms with Crippen molar-refractivity contribution < 1.29 is 4.79 Å². The summed E-state index contributed by atoms with van der Waals surface area (Å²) in [6, 6.07) is 0.430. The number of hydrogen-bond donors (Lipinski definition) is 1. The van der Waals surface area contributed by atoms with Crippen LogP contribution in [0.25, 0.3) is 0 Å². The number of nitrogens with one attached hydrogen (secondary N) is 1. The summed E-state index contributed by atoms with van der Waals surface area (Å²) in [5.41, 5.74) is 0. The summed E-state index contributed by atoms with van der Waals surface area (Å²) in [6.45, 7) is 8.42. The molecule has 4 heteroatoms. The van der Waals surface area contributed by atoms with Crippen LogP contribution in [-0.4, -0.2) is 61.0 Å². The molecule has 2 aliphatic heterocycles. The first-order chi connectivity index (χ1) is 8.79. The standard InChI is InChI=1S/C14H27N3O/c1-2-7-16-8-10-17(11-9-16)14(18)12-13-5-3-4-6-15-13/h13,15H,2-12H2,1H3. The SMILES string of the molecule is CCCN1CCN(C(=O)CC2CCCCN2)CC1. The van der Waals surface area contributed by atoms with Crippen molar-refractivity contribution in [2.24, 2.45) is 0 Å². The third kappa shape index (κ3) is 3.95. The lowest BCUT2D eigenvalue weighted by Gasteiger charge is -2.35. The molecule has 0 spiro atoms. The van der Waals surface area contributed by atoms with Crippen molar-refractivity contribution in [1.29, 1.82) is 0 Å². The number of nitrogens with zero attached hydrogens (tertiary/aromatic N) is 2. The Hall–Kier alpha value is -0.610. The first-order valence-corrected chi connectivity index (χ1v) is 7.53. The molecule has 1 amide bonds. The first-order valence-electron chi connectivity index (χ1n) is 7.53. The van der Waals surface area contributed by atoms with Crippen LogP contribution >= 0.6 is 0 Å². The number of carbonyl (C=O) groups excluding carboxylic acids is 1. The maximum atomic E-state index is 12.2. The Balaban J connectivity index is 1.70. The summed E-state index contributed by atoms with van der Waals surface area (Å²) >= 11 is 0. The summed E-state index contributed by atoms with van der Waals surface area (Å²) in [4.78, 5) is 16.7. The van der Waals surface area contributed by atoms with Crippen LogP contribution in [0, 0.1) is 0 Å². The van der Waals surface area contributed by atoms with Gasteiger partial charge in [0, 0.05) is 38.6 Å². The van der Waals surface area contributed by atoms with Gasteiger partial charge in [0.05, 0.1) is 0 Å². The van der Waals surface area contributed by atoms with Gasteiger partial charge in [-0.05, 0) is 32.4 Å². The Labute approximate surface area is 111 Å². The van der Waals surface area contributed by atoms with Crippen molar-refractivity contribution in [2.75, 3.05) is 39.3 Å². The second kappa shape index (κ2) is 7.10. The van der Waals surface area contributed by atoms with E-state index in [9.17, 15) is 4.79 Å². The highest BCUT2D eigenvalue weighted by atomic mass is 16.2. The maximum Gasteiger partial charge on any atom is 0.224 e. The number of piperidine rings is 1. The van der Waals surface area contributed by atoms with Gasteiger partial charge in [0.1, 0.15) is 0 Å². The van der Waals surface area contributed by atoms with Crippen LogP contribution in [-0.2, 0) is 4.79 Å². The fraction of sp³-hybridized carbons (Fsp3) is 0.929. The lowest BCUT2D eigenvalue weighted by Crippen LogP contribution is -2.50. The number of piperazine rings is 1. The average Bonchev–Trinajstić information content (AvgIpc) is 2.41.